The molecule has 7 nitrogen and oxygen atoms in total. The minimum Gasteiger partial charge on any atom is -0.493 e. The lowest BCUT2D eigenvalue weighted by molar-refractivity contribution is -0.136. The van der Waals surface area contributed by atoms with Gasteiger partial charge in [-0.2, -0.15) is 0 Å². The molecule has 4 aromatic rings. The van der Waals surface area contributed by atoms with Gasteiger partial charge in [0, 0.05) is 42.0 Å². The number of piperidine rings is 1. The van der Waals surface area contributed by atoms with Crippen molar-refractivity contribution in [3.05, 3.63) is 107 Å². The van der Waals surface area contributed by atoms with Gasteiger partial charge in [0.05, 0.1) is 36.6 Å². The van der Waals surface area contributed by atoms with Crippen LogP contribution in [0.5, 0.6) is 5.75 Å². The van der Waals surface area contributed by atoms with Crippen molar-refractivity contribution < 1.29 is 24.1 Å². The normalized spacial score (nSPS) is 14.1. The largest absolute Gasteiger partial charge is 0.493 e. The number of hydrogen-bond acceptors (Lipinski definition) is 6. The Balaban J connectivity index is 0.000000968. The molecular formula is C40H50FN3O4. The van der Waals surface area contributed by atoms with Gasteiger partial charge in [0.25, 0.3) is 0 Å². The number of benzene rings is 3. The van der Waals surface area contributed by atoms with Crippen molar-refractivity contribution in [3.8, 4) is 16.9 Å². The third-order valence-electron chi connectivity index (χ3n) is 8.26. The number of nitrogens with one attached hydrogen (secondary N) is 1. The Bertz CT molecular complexity index is 1620. The monoisotopic (exact) mass is 655 g/mol. The van der Waals surface area contributed by atoms with Crippen LogP contribution in [-0.2, 0) is 24.2 Å². The van der Waals surface area contributed by atoms with E-state index >= 15 is 0 Å². The first-order valence-electron chi connectivity index (χ1n) is 16.7. The summed E-state index contributed by atoms with van der Waals surface area (Å²) in [5, 5.41) is 21.9. The zero-order chi connectivity index (χ0) is 34.9. The molecule has 3 N–H and O–H groups in total. The van der Waals surface area contributed by atoms with Crippen molar-refractivity contribution in [2.75, 3.05) is 29.9 Å². The van der Waals surface area contributed by atoms with Gasteiger partial charge in [-0.15, -0.1) is 0 Å². The quantitative estimate of drug-likeness (QED) is 0.149. The topological polar surface area (TPSA) is 94.9 Å². The van der Waals surface area contributed by atoms with Crippen LogP contribution >= 0.6 is 0 Å². The lowest BCUT2D eigenvalue weighted by atomic mass is 9.82. The molecule has 1 fully saturated rings. The molecule has 8 heteroatoms. The van der Waals surface area contributed by atoms with E-state index in [1.54, 1.807) is 32.9 Å². The van der Waals surface area contributed by atoms with Gasteiger partial charge in [-0.25, -0.2) is 4.39 Å². The summed E-state index contributed by atoms with van der Waals surface area (Å²) in [6, 6.07) is 24.5. The van der Waals surface area contributed by atoms with Crippen LogP contribution in [0.4, 0.5) is 15.8 Å². The number of para-hydroxylation sites is 1. The SMILES string of the molecule is CC(C)(C)O.Cc1nc(CNc2ccccc2)c(-c2ccc(OCCc3ccc(F)cc3)cc2)c(N2CCC(C)(C)CC2)c1CC(=O)O. The van der Waals surface area contributed by atoms with E-state index in [1.165, 1.54) is 12.1 Å². The predicted molar refractivity (Wildman–Crippen MR) is 192 cm³/mol. The summed E-state index contributed by atoms with van der Waals surface area (Å²) < 4.78 is 19.3. The number of rotatable bonds is 11. The number of carboxylic acid groups (broad SMARTS) is 1. The molecule has 0 amide bonds. The maximum atomic E-state index is 13.2. The van der Waals surface area contributed by atoms with E-state index in [2.05, 4.69) is 24.1 Å². The summed E-state index contributed by atoms with van der Waals surface area (Å²) in [6.45, 7) is 14.4. The Kier molecular flexibility index (Phi) is 12.2. The van der Waals surface area contributed by atoms with Crippen LogP contribution in [0.25, 0.3) is 11.1 Å². The number of aliphatic carboxylic acids is 1. The first-order valence-corrected chi connectivity index (χ1v) is 16.7. The standard InChI is InChI=1S/C36H40FN3O3.C4H10O/c1-25-31(23-33(41)42)35(40-20-18-36(2,3)19-21-40)34(32(39-25)24-38-29-7-5-4-6-8-29)27-11-15-30(16-12-27)43-22-17-26-9-13-28(37)14-10-26;1-4(2,3)5/h4-16,38H,17-24H2,1-3H3,(H,41,42);5H,1-3H3. The molecule has 0 atom stereocenters. The van der Waals surface area contributed by atoms with Gasteiger partial charge < -0.3 is 25.2 Å². The summed E-state index contributed by atoms with van der Waals surface area (Å²) >= 11 is 0. The van der Waals surface area contributed by atoms with Gasteiger partial charge in [-0.1, -0.05) is 56.3 Å². The smallest absolute Gasteiger partial charge is 0.307 e. The molecule has 1 aliphatic rings. The summed E-state index contributed by atoms with van der Waals surface area (Å²) in [4.78, 5) is 19.4. The maximum absolute atomic E-state index is 13.2. The number of nitrogens with zero attached hydrogens (tertiary/aromatic N) is 2. The Morgan fingerprint density at radius 1 is 0.979 bits per heavy atom. The van der Waals surface area contributed by atoms with Gasteiger partial charge in [-0.3, -0.25) is 9.78 Å². The lowest BCUT2D eigenvalue weighted by Crippen LogP contribution is -2.38. The first kappa shape index (κ1) is 36.4. The summed E-state index contributed by atoms with van der Waals surface area (Å²) in [7, 11) is 0. The van der Waals surface area contributed by atoms with E-state index in [-0.39, 0.29) is 17.7 Å². The van der Waals surface area contributed by atoms with Crippen LogP contribution in [0.15, 0.2) is 78.9 Å². The molecule has 48 heavy (non-hydrogen) atoms. The van der Waals surface area contributed by atoms with Crippen LogP contribution in [-0.4, -0.2) is 46.5 Å². The zero-order valence-corrected chi connectivity index (χ0v) is 29.1. The average Bonchev–Trinajstić information content (AvgIpc) is 3.02. The van der Waals surface area contributed by atoms with Crippen molar-refractivity contribution in [1.82, 2.24) is 4.98 Å². The second-order valence-electron chi connectivity index (χ2n) is 14.2. The fourth-order valence-corrected chi connectivity index (χ4v) is 5.66. The molecule has 0 aliphatic carbocycles. The van der Waals surface area contributed by atoms with Crippen LogP contribution in [0.3, 0.4) is 0 Å². The first-order chi connectivity index (χ1) is 22.7. The molecule has 256 valence electrons. The fraction of sp³-hybridized carbons (Fsp3) is 0.400. The molecule has 1 aromatic heterocycles. The molecule has 2 heterocycles. The molecule has 0 spiro atoms. The minimum absolute atomic E-state index is 0.0853. The Labute approximate surface area is 284 Å². The van der Waals surface area contributed by atoms with E-state index in [0.29, 0.717) is 19.6 Å². The van der Waals surface area contributed by atoms with E-state index in [9.17, 15) is 14.3 Å². The number of hydrogen-bond donors (Lipinski definition) is 3. The molecule has 3 aromatic carbocycles. The highest BCUT2D eigenvalue weighted by Gasteiger charge is 2.30. The number of carbonyl (C=O) groups is 1. The van der Waals surface area contributed by atoms with Crippen LogP contribution in [0, 0.1) is 18.2 Å². The van der Waals surface area contributed by atoms with Crippen molar-refractivity contribution in [2.24, 2.45) is 5.41 Å². The van der Waals surface area contributed by atoms with Crippen LogP contribution in [0.1, 0.15) is 70.0 Å². The molecule has 1 saturated heterocycles. The van der Waals surface area contributed by atoms with Crippen molar-refractivity contribution in [2.45, 2.75) is 79.4 Å². The van der Waals surface area contributed by atoms with Gasteiger partial charge >= 0.3 is 5.97 Å². The molecule has 0 saturated carbocycles. The third kappa shape index (κ3) is 11.1. The number of anilines is 2. The number of halogens is 1. The summed E-state index contributed by atoms with van der Waals surface area (Å²) in [5.41, 5.74) is 7.05. The Morgan fingerprint density at radius 3 is 2.17 bits per heavy atom. The van der Waals surface area contributed by atoms with Crippen molar-refractivity contribution in [1.29, 1.82) is 0 Å². The fourth-order valence-electron chi connectivity index (χ4n) is 5.66. The molecule has 0 unspecified atom stereocenters. The van der Waals surface area contributed by atoms with E-state index in [4.69, 9.17) is 14.8 Å². The predicted octanol–water partition coefficient (Wildman–Crippen LogP) is 8.46. The van der Waals surface area contributed by atoms with Gasteiger partial charge in [-0.05, 0) is 93.5 Å². The Hall–Kier alpha value is -4.43. The van der Waals surface area contributed by atoms with E-state index in [0.717, 1.165) is 76.7 Å². The van der Waals surface area contributed by atoms with Crippen LogP contribution < -0.4 is 15.0 Å². The summed E-state index contributed by atoms with van der Waals surface area (Å²) in [6.07, 6.45) is 2.64. The highest BCUT2D eigenvalue weighted by molar-refractivity contribution is 5.86. The van der Waals surface area contributed by atoms with Gasteiger partial charge in [0.1, 0.15) is 11.6 Å². The molecule has 0 bridgehead atoms. The van der Waals surface area contributed by atoms with E-state index < -0.39 is 11.6 Å². The highest BCUT2D eigenvalue weighted by Crippen LogP contribution is 2.42. The van der Waals surface area contributed by atoms with Gasteiger partial charge in [0.15, 0.2) is 0 Å². The average molecular weight is 656 g/mol. The number of aromatic nitrogens is 1. The Morgan fingerprint density at radius 2 is 1.58 bits per heavy atom. The number of ether oxygens (including phenoxy) is 1. The maximum Gasteiger partial charge on any atom is 0.307 e. The number of pyridine rings is 1. The lowest BCUT2D eigenvalue weighted by Gasteiger charge is -2.40. The minimum atomic E-state index is -0.866. The second-order valence-corrected chi connectivity index (χ2v) is 14.2. The summed E-state index contributed by atoms with van der Waals surface area (Å²) in [5.74, 6) is -0.375. The van der Waals surface area contributed by atoms with Crippen molar-refractivity contribution in [3.63, 3.8) is 0 Å². The second kappa shape index (κ2) is 16.1. The van der Waals surface area contributed by atoms with Gasteiger partial charge in [0.2, 0.25) is 0 Å². The molecule has 1 aliphatic heterocycles. The number of carboxylic acids is 1. The number of aliphatic hydroxyl groups is 1. The molecular weight excluding hydrogens is 605 g/mol. The molecule has 0 radical (unpaired) electrons. The number of aryl methyl sites for hydroxylation is 1. The molecule has 5 rings (SSSR count). The van der Waals surface area contributed by atoms with Crippen molar-refractivity contribution >= 4 is 17.3 Å². The van der Waals surface area contributed by atoms with Crippen LogP contribution in [0.2, 0.25) is 0 Å². The third-order valence-corrected chi connectivity index (χ3v) is 8.26. The van der Waals surface area contributed by atoms with E-state index in [1.807, 2.05) is 61.5 Å². The zero-order valence-electron chi connectivity index (χ0n) is 29.1. The highest BCUT2D eigenvalue weighted by atomic mass is 19.1.